The van der Waals surface area contributed by atoms with E-state index in [2.05, 4.69) is 23.7 Å². The van der Waals surface area contributed by atoms with Crippen molar-refractivity contribution in [2.45, 2.75) is 38.9 Å². The van der Waals surface area contributed by atoms with Crippen LogP contribution in [0.1, 0.15) is 38.8 Å². The Kier molecular flexibility index (Phi) is 8.63. The van der Waals surface area contributed by atoms with Crippen molar-refractivity contribution in [1.29, 1.82) is 0 Å². The minimum absolute atomic E-state index is 0.569. The lowest BCUT2D eigenvalue weighted by atomic mass is 9.90. The predicted molar refractivity (Wildman–Crippen MR) is 150 cm³/mol. The molecule has 0 saturated carbocycles. The van der Waals surface area contributed by atoms with Gasteiger partial charge < -0.3 is 29.2 Å². The molecule has 6 nitrogen and oxygen atoms in total. The molecule has 6 heteroatoms. The summed E-state index contributed by atoms with van der Waals surface area (Å²) in [7, 11) is 6.33. The third kappa shape index (κ3) is 7.01. The first kappa shape index (κ1) is 28.5. The first-order valence-electron chi connectivity index (χ1n) is 12.0. The van der Waals surface area contributed by atoms with Gasteiger partial charge in [0.15, 0.2) is 23.0 Å². The maximum absolute atomic E-state index is 10.3. The van der Waals surface area contributed by atoms with Crippen molar-refractivity contribution in [1.82, 2.24) is 0 Å². The predicted octanol–water partition coefficient (Wildman–Crippen LogP) is 5.30. The summed E-state index contributed by atoms with van der Waals surface area (Å²) >= 11 is 0. The number of hydrogen-bond acceptors (Lipinski definition) is 6. The Morgan fingerprint density at radius 2 is 0.868 bits per heavy atom. The van der Waals surface area contributed by atoms with E-state index in [-0.39, 0.29) is 0 Å². The van der Waals surface area contributed by atoms with Gasteiger partial charge in [0.1, 0.15) is 11.2 Å². The van der Waals surface area contributed by atoms with Gasteiger partial charge in [0.25, 0.3) is 0 Å². The second-order valence-electron chi connectivity index (χ2n) is 9.70. The average molecular weight is 515 g/mol. The summed E-state index contributed by atoms with van der Waals surface area (Å²) in [6.45, 7) is 6.53. The second kappa shape index (κ2) is 11.5. The normalized spacial score (nSPS) is 11.0. The van der Waals surface area contributed by atoms with Gasteiger partial charge in [0.2, 0.25) is 0 Å². The number of methoxy groups -OCH3 is 4. The van der Waals surface area contributed by atoms with Gasteiger partial charge in [-0.15, -0.1) is 0 Å². The van der Waals surface area contributed by atoms with E-state index in [4.69, 9.17) is 18.9 Å². The molecule has 0 radical (unpaired) electrons. The van der Waals surface area contributed by atoms with Crippen LogP contribution in [0.4, 0.5) is 0 Å². The summed E-state index contributed by atoms with van der Waals surface area (Å²) in [6.07, 6.45) is 0. The van der Waals surface area contributed by atoms with E-state index in [1.54, 1.807) is 56.1 Å². The lowest BCUT2D eigenvalue weighted by Gasteiger charge is -2.16. The highest BCUT2D eigenvalue weighted by atomic mass is 16.5. The molecular formula is C32H34O6. The van der Waals surface area contributed by atoms with Crippen molar-refractivity contribution in [2.75, 3.05) is 28.4 Å². The number of hydrogen-bond donors (Lipinski definition) is 2. The Morgan fingerprint density at radius 3 is 1.16 bits per heavy atom. The zero-order valence-corrected chi connectivity index (χ0v) is 23.1. The molecule has 0 bridgehead atoms. The summed E-state index contributed by atoms with van der Waals surface area (Å²) in [5.41, 5.74) is 2.19. The molecule has 38 heavy (non-hydrogen) atoms. The molecule has 0 saturated heterocycles. The number of ether oxygens (including phenoxy) is 4. The van der Waals surface area contributed by atoms with Gasteiger partial charge in [-0.3, -0.25) is 0 Å². The Balaban J connectivity index is 2.40. The average Bonchev–Trinajstić information content (AvgIpc) is 2.88. The topological polar surface area (TPSA) is 77.4 Å². The summed E-state index contributed by atoms with van der Waals surface area (Å²) in [4.78, 5) is 0. The molecule has 0 aliphatic heterocycles. The minimum atomic E-state index is -1.20. The highest BCUT2D eigenvalue weighted by molar-refractivity contribution is 5.83. The van der Waals surface area contributed by atoms with Crippen LogP contribution in [0.15, 0.2) is 48.5 Å². The van der Waals surface area contributed by atoms with Crippen LogP contribution in [0.5, 0.6) is 23.0 Å². The van der Waals surface area contributed by atoms with Crippen LogP contribution in [0.2, 0.25) is 0 Å². The standard InChI is InChI=1S/C32H34O6/c1-31(2,33)15-13-23-17-26(22-10-12-28(36-6)30(20-22)38-8)24(14-16-32(3,4)34)18-25(23)21-9-11-27(35-5)29(19-21)37-7/h9-12,17-20,33-34H,1-8H3. The summed E-state index contributed by atoms with van der Waals surface area (Å²) in [5.74, 6) is 14.5. The fourth-order valence-electron chi connectivity index (χ4n) is 3.73. The van der Waals surface area contributed by atoms with E-state index in [1.807, 2.05) is 48.5 Å². The SMILES string of the molecule is COc1ccc(-c2cc(C#CC(C)(C)O)c(-c3ccc(OC)c(OC)c3)cc2C#CC(C)(C)O)cc1OC. The summed E-state index contributed by atoms with van der Waals surface area (Å²) < 4.78 is 21.9. The molecule has 0 aliphatic carbocycles. The Morgan fingerprint density at radius 1 is 0.526 bits per heavy atom. The second-order valence-corrected chi connectivity index (χ2v) is 9.70. The van der Waals surface area contributed by atoms with Gasteiger partial charge in [-0.2, -0.15) is 0 Å². The Bertz CT molecular complexity index is 1320. The molecule has 198 valence electrons. The maximum atomic E-state index is 10.3. The molecule has 0 aliphatic rings. The van der Waals surface area contributed by atoms with Crippen molar-refractivity contribution in [3.63, 3.8) is 0 Å². The highest BCUT2D eigenvalue weighted by Crippen LogP contribution is 2.38. The quantitative estimate of drug-likeness (QED) is 0.435. The van der Waals surface area contributed by atoms with E-state index in [0.717, 1.165) is 22.3 Å². The first-order valence-corrected chi connectivity index (χ1v) is 12.0. The highest BCUT2D eigenvalue weighted by Gasteiger charge is 2.17. The molecular weight excluding hydrogens is 480 g/mol. The molecule has 0 heterocycles. The Labute approximate surface area is 225 Å². The maximum Gasteiger partial charge on any atom is 0.161 e. The zero-order chi connectivity index (χ0) is 28.1. The summed E-state index contributed by atoms with van der Waals surface area (Å²) in [6, 6.07) is 15.1. The van der Waals surface area contributed by atoms with E-state index >= 15 is 0 Å². The van der Waals surface area contributed by atoms with Crippen molar-refractivity contribution < 1.29 is 29.2 Å². The van der Waals surface area contributed by atoms with E-state index < -0.39 is 11.2 Å². The lowest BCUT2D eigenvalue weighted by Crippen LogP contribution is -2.14. The van der Waals surface area contributed by atoms with E-state index in [9.17, 15) is 10.2 Å². The van der Waals surface area contributed by atoms with Gasteiger partial charge >= 0.3 is 0 Å². The van der Waals surface area contributed by atoms with Crippen LogP contribution >= 0.6 is 0 Å². The van der Waals surface area contributed by atoms with Crippen LogP contribution < -0.4 is 18.9 Å². The lowest BCUT2D eigenvalue weighted by molar-refractivity contribution is 0.143. The molecule has 2 N–H and O–H groups in total. The molecule has 0 fully saturated rings. The van der Waals surface area contributed by atoms with Gasteiger partial charge in [-0.05, 0) is 86.3 Å². The molecule has 0 unspecified atom stereocenters. The van der Waals surface area contributed by atoms with Gasteiger partial charge in [-0.1, -0.05) is 35.8 Å². The van der Waals surface area contributed by atoms with Crippen molar-refractivity contribution in [2.24, 2.45) is 0 Å². The fraction of sp³-hybridized carbons (Fsp3) is 0.312. The van der Waals surface area contributed by atoms with Crippen LogP contribution in [0.25, 0.3) is 22.3 Å². The third-order valence-electron chi connectivity index (χ3n) is 5.55. The largest absolute Gasteiger partial charge is 0.493 e. The number of benzene rings is 3. The molecule has 3 aromatic carbocycles. The zero-order valence-electron chi connectivity index (χ0n) is 23.1. The minimum Gasteiger partial charge on any atom is -0.493 e. The van der Waals surface area contributed by atoms with Gasteiger partial charge in [0.05, 0.1) is 28.4 Å². The van der Waals surface area contributed by atoms with Gasteiger partial charge in [0, 0.05) is 11.1 Å². The van der Waals surface area contributed by atoms with Gasteiger partial charge in [-0.25, -0.2) is 0 Å². The smallest absolute Gasteiger partial charge is 0.161 e. The van der Waals surface area contributed by atoms with Crippen LogP contribution in [0, 0.1) is 23.7 Å². The molecule has 0 atom stereocenters. The molecule has 3 aromatic rings. The molecule has 0 spiro atoms. The monoisotopic (exact) mass is 514 g/mol. The van der Waals surface area contributed by atoms with Crippen molar-refractivity contribution >= 4 is 0 Å². The number of aliphatic hydroxyl groups is 2. The van der Waals surface area contributed by atoms with Crippen molar-refractivity contribution in [3.05, 3.63) is 59.7 Å². The van der Waals surface area contributed by atoms with E-state index in [1.165, 1.54) is 0 Å². The van der Waals surface area contributed by atoms with Crippen LogP contribution in [-0.4, -0.2) is 49.9 Å². The van der Waals surface area contributed by atoms with Crippen molar-refractivity contribution in [3.8, 4) is 68.9 Å². The third-order valence-corrected chi connectivity index (χ3v) is 5.55. The number of rotatable bonds is 6. The first-order chi connectivity index (χ1) is 17.9. The van der Waals surface area contributed by atoms with E-state index in [0.29, 0.717) is 34.1 Å². The molecule has 3 rings (SSSR count). The Hall–Kier alpha value is -4.10. The molecule has 0 amide bonds. The van der Waals surface area contributed by atoms with Crippen LogP contribution in [0.3, 0.4) is 0 Å². The molecule has 0 aromatic heterocycles. The fourth-order valence-corrected chi connectivity index (χ4v) is 3.73. The van der Waals surface area contributed by atoms with Crippen LogP contribution in [-0.2, 0) is 0 Å². The summed E-state index contributed by atoms with van der Waals surface area (Å²) in [5, 5.41) is 20.7.